The minimum atomic E-state index is 0. The Labute approximate surface area is 54.7 Å². The molecule has 0 saturated heterocycles. The van der Waals surface area contributed by atoms with Crippen LogP contribution in [-0.4, -0.2) is 41.3 Å². The second kappa shape index (κ2) is 8.88. The van der Waals surface area contributed by atoms with Gasteiger partial charge in [0.2, 0.25) is 0 Å². The van der Waals surface area contributed by atoms with Gasteiger partial charge in [0.25, 0.3) is 0 Å². The molecular weight excluding hydrogens is 75.0 g/mol. The molecule has 0 aromatic carbocycles. The second-order valence-corrected chi connectivity index (χ2v) is 0.724. The van der Waals surface area contributed by atoms with Crippen LogP contribution in [0.5, 0.6) is 0 Å². The maximum absolute atomic E-state index is 7.88. The molecule has 1 N–H and O–H groups in total. The third-order valence-corrected chi connectivity index (χ3v) is 0.224. The fraction of sp³-hybridized carbons (Fsp3) is 1.00. The van der Waals surface area contributed by atoms with Gasteiger partial charge in [-0.05, 0) is 6.42 Å². The Kier molecular flexibility index (Phi) is 16.6. The van der Waals surface area contributed by atoms with Crippen LogP contribution >= 0.6 is 0 Å². The van der Waals surface area contributed by atoms with Crippen LogP contribution in [-0.2, 0) is 0 Å². The van der Waals surface area contributed by atoms with Gasteiger partial charge >= 0.3 is 29.6 Å². The molecule has 0 heterocycles. The van der Waals surface area contributed by atoms with Crippen LogP contribution in [0.25, 0.3) is 0 Å². The Balaban J connectivity index is 0. The summed E-state index contributed by atoms with van der Waals surface area (Å²) in [4.78, 5) is 0. The van der Waals surface area contributed by atoms with Crippen molar-refractivity contribution in [1.29, 1.82) is 0 Å². The summed E-state index contributed by atoms with van der Waals surface area (Å²) in [5, 5.41) is 7.88. The zero-order valence-corrected chi connectivity index (χ0v) is 2.86. The molecule has 2 heteroatoms. The number of aliphatic hydroxyl groups is 1. The molecular formula is C3H9NaO. The van der Waals surface area contributed by atoms with Crippen LogP contribution in [0.3, 0.4) is 0 Å². The molecule has 0 radical (unpaired) electrons. The standard InChI is InChI=1S/C3H8O.Na.H/c1-2-3-4;;/h4H,2-3H2,1H3;;. The quantitative estimate of drug-likeness (QED) is 0.434. The second-order valence-electron chi connectivity index (χ2n) is 0.724. The van der Waals surface area contributed by atoms with Crippen molar-refractivity contribution >= 4 is 29.6 Å². The van der Waals surface area contributed by atoms with Crippen LogP contribution in [0.4, 0.5) is 0 Å². The van der Waals surface area contributed by atoms with Crippen LogP contribution < -0.4 is 0 Å². The molecule has 0 amide bonds. The molecule has 0 bridgehead atoms. The topological polar surface area (TPSA) is 20.2 Å². The summed E-state index contributed by atoms with van der Waals surface area (Å²) in [5.74, 6) is 0. The van der Waals surface area contributed by atoms with Gasteiger partial charge in [-0.2, -0.15) is 0 Å². The van der Waals surface area contributed by atoms with Crippen molar-refractivity contribution in [1.82, 2.24) is 0 Å². The fourth-order valence-corrected chi connectivity index (χ4v) is 0. The van der Waals surface area contributed by atoms with E-state index in [2.05, 4.69) is 0 Å². The molecule has 0 saturated carbocycles. The van der Waals surface area contributed by atoms with Gasteiger partial charge in [-0.15, -0.1) is 0 Å². The average Bonchev–Trinajstić information content (AvgIpc) is 1.37. The first-order valence-corrected chi connectivity index (χ1v) is 1.52. The van der Waals surface area contributed by atoms with Crippen molar-refractivity contribution in [3.63, 3.8) is 0 Å². The first-order valence-electron chi connectivity index (χ1n) is 1.52. The molecule has 0 unspecified atom stereocenters. The number of rotatable bonds is 1. The van der Waals surface area contributed by atoms with E-state index in [-0.39, 0.29) is 29.6 Å². The van der Waals surface area contributed by atoms with Crippen LogP contribution in [0.1, 0.15) is 13.3 Å². The third-order valence-electron chi connectivity index (χ3n) is 0.224. The molecule has 0 aliphatic carbocycles. The van der Waals surface area contributed by atoms with Gasteiger partial charge in [0, 0.05) is 6.61 Å². The number of hydrogen-bond acceptors (Lipinski definition) is 1. The Morgan fingerprint density at radius 3 is 1.80 bits per heavy atom. The van der Waals surface area contributed by atoms with E-state index in [1.165, 1.54) is 0 Å². The van der Waals surface area contributed by atoms with Crippen LogP contribution in [0.2, 0.25) is 0 Å². The SMILES string of the molecule is CCCO.[NaH]. The zero-order chi connectivity index (χ0) is 3.41. The summed E-state index contributed by atoms with van der Waals surface area (Å²) >= 11 is 0. The van der Waals surface area contributed by atoms with Gasteiger partial charge in [-0.3, -0.25) is 0 Å². The van der Waals surface area contributed by atoms with E-state index in [1.807, 2.05) is 6.92 Å². The van der Waals surface area contributed by atoms with E-state index in [0.717, 1.165) is 6.42 Å². The molecule has 0 atom stereocenters. The Hall–Kier alpha value is 0.960. The van der Waals surface area contributed by atoms with Crippen molar-refractivity contribution in [2.45, 2.75) is 13.3 Å². The summed E-state index contributed by atoms with van der Waals surface area (Å²) in [6, 6.07) is 0. The molecule has 5 heavy (non-hydrogen) atoms. The molecule has 0 rings (SSSR count). The third kappa shape index (κ3) is 11.3. The van der Waals surface area contributed by atoms with E-state index in [9.17, 15) is 0 Å². The van der Waals surface area contributed by atoms with E-state index in [4.69, 9.17) is 5.11 Å². The average molecular weight is 84.1 g/mol. The molecule has 0 aromatic heterocycles. The van der Waals surface area contributed by atoms with Gasteiger partial charge in [0.1, 0.15) is 0 Å². The first kappa shape index (κ1) is 9.35. The van der Waals surface area contributed by atoms with E-state index in [1.54, 1.807) is 0 Å². The summed E-state index contributed by atoms with van der Waals surface area (Å²) < 4.78 is 0. The molecule has 0 aliphatic rings. The van der Waals surface area contributed by atoms with Gasteiger partial charge < -0.3 is 5.11 Å². The molecule has 0 aromatic rings. The summed E-state index contributed by atoms with van der Waals surface area (Å²) in [6.07, 6.45) is 0.875. The fourth-order valence-electron chi connectivity index (χ4n) is 0. The normalized spacial score (nSPS) is 6.00. The van der Waals surface area contributed by atoms with Gasteiger partial charge in [-0.25, -0.2) is 0 Å². The van der Waals surface area contributed by atoms with Gasteiger partial charge in [0.05, 0.1) is 0 Å². The van der Waals surface area contributed by atoms with E-state index < -0.39 is 0 Å². The van der Waals surface area contributed by atoms with Crippen molar-refractivity contribution in [2.75, 3.05) is 6.61 Å². The predicted octanol–water partition coefficient (Wildman–Crippen LogP) is -0.260. The van der Waals surface area contributed by atoms with Crippen molar-refractivity contribution < 1.29 is 5.11 Å². The molecule has 0 spiro atoms. The molecule has 1 nitrogen and oxygen atoms in total. The Morgan fingerprint density at radius 1 is 1.60 bits per heavy atom. The van der Waals surface area contributed by atoms with Crippen molar-refractivity contribution in [3.05, 3.63) is 0 Å². The number of aliphatic hydroxyl groups excluding tert-OH is 1. The monoisotopic (exact) mass is 84.1 g/mol. The summed E-state index contributed by atoms with van der Waals surface area (Å²) in [6.45, 7) is 2.25. The van der Waals surface area contributed by atoms with Crippen molar-refractivity contribution in [3.8, 4) is 0 Å². The van der Waals surface area contributed by atoms with Gasteiger partial charge in [0.15, 0.2) is 0 Å². The predicted molar refractivity (Wildman–Crippen MR) is 24.5 cm³/mol. The molecule has 0 aliphatic heterocycles. The first-order chi connectivity index (χ1) is 1.91. The van der Waals surface area contributed by atoms with E-state index in [0.29, 0.717) is 6.61 Å². The van der Waals surface area contributed by atoms with Crippen LogP contribution in [0.15, 0.2) is 0 Å². The minimum absolute atomic E-state index is 0. The Morgan fingerprint density at radius 2 is 1.80 bits per heavy atom. The zero-order valence-electron chi connectivity index (χ0n) is 2.86. The summed E-state index contributed by atoms with van der Waals surface area (Å²) in [5.41, 5.74) is 0. The maximum atomic E-state index is 7.88. The van der Waals surface area contributed by atoms with E-state index >= 15 is 0 Å². The van der Waals surface area contributed by atoms with Gasteiger partial charge in [-0.1, -0.05) is 6.92 Å². The summed E-state index contributed by atoms with van der Waals surface area (Å²) in [7, 11) is 0. The van der Waals surface area contributed by atoms with Crippen LogP contribution in [0, 0.1) is 0 Å². The molecule has 28 valence electrons. The van der Waals surface area contributed by atoms with Crippen molar-refractivity contribution in [2.24, 2.45) is 0 Å². The Bertz CT molecular complexity index is 8.85. The molecule has 0 fully saturated rings. The number of hydrogen-bond donors (Lipinski definition) is 1.